The van der Waals surface area contributed by atoms with Crippen molar-refractivity contribution < 1.29 is 33.4 Å². The lowest BCUT2D eigenvalue weighted by Gasteiger charge is -2.39. The molecule has 0 radical (unpaired) electrons. The van der Waals surface area contributed by atoms with Crippen LogP contribution >= 0.6 is 0 Å². The van der Waals surface area contributed by atoms with Gasteiger partial charge in [-0.05, 0) is 40.2 Å². The second kappa shape index (κ2) is 12.9. The van der Waals surface area contributed by atoms with Crippen molar-refractivity contribution in [3.63, 3.8) is 0 Å². The Balaban J connectivity index is 2.10. The molecule has 182 valence electrons. The van der Waals surface area contributed by atoms with Gasteiger partial charge >= 0.3 is 17.9 Å². The van der Waals surface area contributed by atoms with Crippen molar-refractivity contribution in [2.24, 2.45) is 5.16 Å². The smallest absolute Gasteiger partial charge is 0.347 e. The van der Waals surface area contributed by atoms with Gasteiger partial charge in [-0.3, -0.25) is 14.5 Å². The number of ether oxygens (including phenoxy) is 3. The first kappa shape index (κ1) is 26.3. The van der Waals surface area contributed by atoms with Gasteiger partial charge in [0, 0.05) is 12.0 Å². The first-order chi connectivity index (χ1) is 15.8. The summed E-state index contributed by atoms with van der Waals surface area (Å²) < 4.78 is 15.1. The Kier molecular flexibility index (Phi) is 10.3. The predicted molar refractivity (Wildman–Crippen MR) is 122 cm³/mol. The van der Waals surface area contributed by atoms with Crippen LogP contribution in [0.3, 0.4) is 0 Å². The van der Waals surface area contributed by atoms with Gasteiger partial charge in [-0.1, -0.05) is 42.4 Å². The molecule has 0 aromatic heterocycles. The molecule has 0 spiro atoms. The number of likely N-dealkylation sites (tertiary alicyclic amines) is 1. The van der Waals surface area contributed by atoms with Crippen LogP contribution in [0.15, 0.2) is 35.5 Å². The standard InChI is InChI=1S/C24H34N2O7/c1-5-20(27)31-15-16-32-21(28)17-33-25-22(18-11-8-7-9-12-18)24(3,4)26-14-10-13-19(26)23(29)30-6-2/h7-9,11-12,19H,5-6,10,13-17H2,1-4H3. The van der Waals surface area contributed by atoms with Crippen LogP contribution in [0.25, 0.3) is 0 Å². The first-order valence-electron chi connectivity index (χ1n) is 11.3. The van der Waals surface area contributed by atoms with Crippen molar-refractivity contribution in [1.82, 2.24) is 4.90 Å². The Morgan fingerprint density at radius 3 is 2.33 bits per heavy atom. The molecule has 1 aliphatic heterocycles. The van der Waals surface area contributed by atoms with Crippen molar-refractivity contribution in [2.45, 2.75) is 58.5 Å². The summed E-state index contributed by atoms with van der Waals surface area (Å²) in [5.41, 5.74) is 0.730. The monoisotopic (exact) mass is 462 g/mol. The average Bonchev–Trinajstić information content (AvgIpc) is 3.31. The minimum atomic E-state index is -0.673. The fourth-order valence-corrected chi connectivity index (χ4v) is 3.77. The molecule has 33 heavy (non-hydrogen) atoms. The highest BCUT2D eigenvalue weighted by Crippen LogP contribution is 2.31. The van der Waals surface area contributed by atoms with Crippen LogP contribution in [-0.4, -0.2) is 73.1 Å². The highest BCUT2D eigenvalue weighted by Gasteiger charge is 2.44. The van der Waals surface area contributed by atoms with Crippen LogP contribution in [0.1, 0.15) is 52.5 Å². The summed E-state index contributed by atoms with van der Waals surface area (Å²) in [4.78, 5) is 43.0. The van der Waals surface area contributed by atoms with Gasteiger partial charge < -0.3 is 19.0 Å². The highest BCUT2D eigenvalue weighted by atomic mass is 16.7. The lowest BCUT2D eigenvalue weighted by atomic mass is 9.89. The quantitative estimate of drug-likeness (QED) is 0.154. The van der Waals surface area contributed by atoms with E-state index in [2.05, 4.69) is 10.1 Å². The summed E-state index contributed by atoms with van der Waals surface area (Å²) >= 11 is 0. The van der Waals surface area contributed by atoms with Crippen molar-refractivity contribution >= 4 is 23.6 Å². The molecular weight excluding hydrogens is 428 g/mol. The van der Waals surface area contributed by atoms with Gasteiger partial charge in [0.1, 0.15) is 25.0 Å². The van der Waals surface area contributed by atoms with Crippen LogP contribution in [0.5, 0.6) is 0 Å². The lowest BCUT2D eigenvalue weighted by Crippen LogP contribution is -2.55. The molecule has 0 amide bonds. The summed E-state index contributed by atoms with van der Waals surface area (Å²) in [5.74, 6) is -1.23. The number of esters is 3. The number of carbonyl (C=O) groups is 3. The van der Waals surface area contributed by atoms with E-state index >= 15 is 0 Å². The van der Waals surface area contributed by atoms with Gasteiger partial charge in [-0.15, -0.1) is 0 Å². The van der Waals surface area contributed by atoms with Crippen molar-refractivity contribution in [2.75, 3.05) is 33.0 Å². The second-order valence-corrected chi connectivity index (χ2v) is 8.04. The maximum Gasteiger partial charge on any atom is 0.347 e. The topological polar surface area (TPSA) is 104 Å². The molecule has 0 aliphatic carbocycles. The zero-order valence-corrected chi connectivity index (χ0v) is 19.9. The van der Waals surface area contributed by atoms with Gasteiger partial charge in [0.25, 0.3) is 0 Å². The molecule has 0 N–H and O–H groups in total. The minimum absolute atomic E-state index is 0.00577. The third-order valence-corrected chi connectivity index (χ3v) is 5.39. The van der Waals surface area contributed by atoms with E-state index in [-0.39, 0.29) is 37.6 Å². The third-order valence-electron chi connectivity index (χ3n) is 5.39. The molecule has 9 heteroatoms. The van der Waals surface area contributed by atoms with Crippen molar-refractivity contribution in [3.05, 3.63) is 35.9 Å². The summed E-state index contributed by atoms with van der Waals surface area (Å²) in [6.45, 7) is 8.00. The zero-order chi connectivity index (χ0) is 24.3. The molecular formula is C24H34N2O7. The average molecular weight is 463 g/mol. The van der Waals surface area contributed by atoms with E-state index in [9.17, 15) is 14.4 Å². The molecule has 9 nitrogen and oxygen atoms in total. The molecule has 1 unspecified atom stereocenters. The number of rotatable bonds is 12. The fraction of sp³-hybridized carbons (Fsp3) is 0.583. The van der Waals surface area contributed by atoms with E-state index in [0.29, 0.717) is 25.3 Å². The number of hydrogen-bond donors (Lipinski definition) is 0. The zero-order valence-electron chi connectivity index (χ0n) is 19.9. The number of nitrogens with zero attached hydrogens (tertiary/aromatic N) is 2. The molecule has 1 aromatic rings. The Bertz CT molecular complexity index is 823. The third kappa shape index (κ3) is 7.56. The van der Waals surface area contributed by atoms with Crippen LogP contribution in [-0.2, 0) is 33.4 Å². The van der Waals surface area contributed by atoms with Gasteiger partial charge in [0.15, 0.2) is 0 Å². The van der Waals surface area contributed by atoms with Crippen LogP contribution in [0.2, 0.25) is 0 Å². The van der Waals surface area contributed by atoms with Gasteiger partial charge in [0.05, 0.1) is 12.1 Å². The second-order valence-electron chi connectivity index (χ2n) is 8.04. The number of oxime groups is 1. The molecule has 1 aromatic carbocycles. The fourth-order valence-electron chi connectivity index (χ4n) is 3.77. The summed E-state index contributed by atoms with van der Waals surface area (Å²) in [5, 5.41) is 4.30. The normalized spacial score (nSPS) is 16.8. The first-order valence-corrected chi connectivity index (χ1v) is 11.3. The Labute approximate surface area is 195 Å². The summed E-state index contributed by atoms with van der Waals surface area (Å²) in [6, 6.07) is 9.11. The van der Waals surface area contributed by atoms with Crippen molar-refractivity contribution in [3.8, 4) is 0 Å². The summed E-state index contributed by atoms with van der Waals surface area (Å²) in [7, 11) is 0. The predicted octanol–water partition coefficient (Wildman–Crippen LogP) is 2.71. The van der Waals surface area contributed by atoms with E-state index in [1.807, 2.05) is 44.2 Å². The van der Waals surface area contributed by atoms with Gasteiger partial charge in [-0.25, -0.2) is 4.79 Å². The molecule has 1 aliphatic rings. The molecule has 2 rings (SSSR count). The molecule has 0 saturated carbocycles. The maximum atomic E-state index is 12.5. The van der Waals surface area contributed by atoms with E-state index in [0.717, 1.165) is 12.0 Å². The highest BCUT2D eigenvalue weighted by molar-refractivity contribution is 6.07. The molecule has 1 fully saturated rings. The number of hydrogen-bond acceptors (Lipinski definition) is 9. The van der Waals surface area contributed by atoms with E-state index in [4.69, 9.17) is 19.0 Å². The number of carbonyl (C=O) groups excluding carboxylic acids is 3. The maximum absolute atomic E-state index is 12.5. The van der Waals surface area contributed by atoms with E-state index < -0.39 is 18.1 Å². The van der Waals surface area contributed by atoms with Crippen LogP contribution < -0.4 is 0 Å². The Hall–Kier alpha value is -2.94. The summed E-state index contributed by atoms with van der Waals surface area (Å²) in [6.07, 6.45) is 1.84. The van der Waals surface area contributed by atoms with E-state index in [1.54, 1.807) is 13.8 Å². The Morgan fingerprint density at radius 1 is 1.03 bits per heavy atom. The lowest BCUT2D eigenvalue weighted by molar-refractivity contribution is -0.155. The largest absolute Gasteiger partial charge is 0.465 e. The van der Waals surface area contributed by atoms with Gasteiger partial charge in [0.2, 0.25) is 6.61 Å². The van der Waals surface area contributed by atoms with E-state index in [1.165, 1.54) is 0 Å². The molecule has 0 bridgehead atoms. The molecule has 1 atom stereocenters. The minimum Gasteiger partial charge on any atom is -0.465 e. The Morgan fingerprint density at radius 2 is 1.70 bits per heavy atom. The molecule has 1 heterocycles. The molecule has 1 saturated heterocycles. The van der Waals surface area contributed by atoms with Crippen molar-refractivity contribution in [1.29, 1.82) is 0 Å². The van der Waals surface area contributed by atoms with Gasteiger partial charge in [-0.2, -0.15) is 0 Å². The SMILES string of the molecule is CCOC(=O)C1CCCN1C(C)(C)C(=NOCC(=O)OCCOC(=O)CC)c1ccccc1. The number of benzene rings is 1. The van der Waals surface area contributed by atoms with Crippen LogP contribution in [0, 0.1) is 0 Å². The van der Waals surface area contributed by atoms with Crippen LogP contribution in [0.4, 0.5) is 0 Å².